The second kappa shape index (κ2) is 7.91. The molecule has 2 amide bonds. The summed E-state index contributed by atoms with van der Waals surface area (Å²) in [6, 6.07) is 2.00. The molecule has 7 heteroatoms. The van der Waals surface area contributed by atoms with E-state index in [2.05, 4.69) is 21.4 Å². The van der Waals surface area contributed by atoms with Crippen LogP contribution in [0.25, 0.3) is 12.2 Å². The molecule has 150 valence electrons. The van der Waals surface area contributed by atoms with Crippen LogP contribution in [0.4, 0.5) is 5.82 Å². The number of fused-ring (bicyclic) bond motifs is 1. The van der Waals surface area contributed by atoms with Crippen molar-refractivity contribution in [2.75, 3.05) is 18.4 Å². The zero-order valence-electron chi connectivity index (χ0n) is 16.6. The maximum absolute atomic E-state index is 12.6. The molecule has 29 heavy (non-hydrogen) atoms. The Kier molecular flexibility index (Phi) is 5.32. The number of likely N-dealkylation sites (tertiary alicyclic amines) is 1. The molecular formula is C22H24N4O2S. The molecule has 4 rings (SSSR count). The van der Waals surface area contributed by atoms with Gasteiger partial charge in [-0.3, -0.25) is 9.59 Å². The zero-order chi connectivity index (χ0) is 20.4. The fourth-order valence-electron chi connectivity index (χ4n) is 3.63. The minimum atomic E-state index is -0.454. The average Bonchev–Trinajstić information content (AvgIpc) is 3.20. The minimum Gasteiger partial charge on any atom is -0.339 e. The van der Waals surface area contributed by atoms with Crippen LogP contribution < -0.4 is 5.32 Å². The Bertz CT molecular complexity index is 982. The summed E-state index contributed by atoms with van der Waals surface area (Å²) in [7, 11) is 0. The summed E-state index contributed by atoms with van der Waals surface area (Å²) in [5, 5.41) is 4.89. The molecule has 1 N–H and O–H groups in total. The summed E-state index contributed by atoms with van der Waals surface area (Å²) in [5.74, 6) is 0.626. The Morgan fingerprint density at radius 2 is 2.07 bits per heavy atom. The fourth-order valence-corrected chi connectivity index (χ4v) is 4.15. The van der Waals surface area contributed by atoms with Gasteiger partial charge in [-0.1, -0.05) is 19.4 Å². The van der Waals surface area contributed by atoms with E-state index in [1.54, 1.807) is 29.7 Å². The smallest absolute Gasteiger partial charge is 0.246 e. The largest absolute Gasteiger partial charge is 0.339 e. The van der Waals surface area contributed by atoms with E-state index in [-0.39, 0.29) is 11.8 Å². The fraction of sp³-hybridized carbons (Fsp3) is 0.364. The number of nitrogens with one attached hydrogen (secondary N) is 1. The summed E-state index contributed by atoms with van der Waals surface area (Å²) < 4.78 is 0. The van der Waals surface area contributed by atoms with Gasteiger partial charge in [-0.25, -0.2) is 9.97 Å². The van der Waals surface area contributed by atoms with Crippen molar-refractivity contribution in [1.82, 2.24) is 14.9 Å². The first kappa shape index (κ1) is 19.5. The van der Waals surface area contributed by atoms with E-state index < -0.39 is 5.41 Å². The first-order chi connectivity index (χ1) is 13.9. The Hall–Kier alpha value is -2.80. The van der Waals surface area contributed by atoms with Crippen LogP contribution in [0, 0.1) is 5.41 Å². The minimum absolute atomic E-state index is 0.00994. The SMILES string of the molecule is CC1(C)Cc2cc(/C=C/C(=O)N3CCC(=Cc4cscn4)CC3)cnc2NC1=O. The standard InChI is InChI=1S/C22H24N4O2S/c1-22(2)11-17-9-16(12-23-20(17)25-21(22)28)3-4-19(27)26-7-5-15(6-8-26)10-18-13-29-14-24-18/h3-4,9-10,12-14H,5-8,11H2,1-2H3,(H,23,25,28)/b4-3+. The molecule has 2 aromatic rings. The highest BCUT2D eigenvalue weighted by Crippen LogP contribution is 2.32. The van der Waals surface area contributed by atoms with Gasteiger partial charge < -0.3 is 10.2 Å². The van der Waals surface area contributed by atoms with Crippen LogP contribution in [0.5, 0.6) is 0 Å². The third-order valence-electron chi connectivity index (χ3n) is 5.41. The first-order valence-corrected chi connectivity index (χ1v) is 10.7. The van der Waals surface area contributed by atoms with Gasteiger partial charge in [0.15, 0.2) is 0 Å². The lowest BCUT2D eigenvalue weighted by Gasteiger charge is -2.29. The van der Waals surface area contributed by atoms with Gasteiger partial charge in [-0.2, -0.15) is 0 Å². The van der Waals surface area contributed by atoms with E-state index in [0.29, 0.717) is 12.2 Å². The third-order valence-corrected chi connectivity index (χ3v) is 6.01. The predicted molar refractivity (Wildman–Crippen MR) is 115 cm³/mol. The average molecular weight is 409 g/mol. The second-order valence-electron chi connectivity index (χ2n) is 8.17. The number of hydrogen-bond donors (Lipinski definition) is 1. The Morgan fingerprint density at radius 3 is 2.79 bits per heavy atom. The molecule has 0 atom stereocenters. The van der Waals surface area contributed by atoms with Gasteiger partial charge in [-0.15, -0.1) is 11.3 Å². The number of rotatable bonds is 3. The number of piperidine rings is 1. The summed E-state index contributed by atoms with van der Waals surface area (Å²) in [6.07, 6.45) is 9.64. The number of pyridine rings is 1. The summed E-state index contributed by atoms with van der Waals surface area (Å²) >= 11 is 1.59. The number of aromatic nitrogens is 2. The van der Waals surface area contributed by atoms with Gasteiger partial charge in [0.2, 0.25) is 11.8 Å². The number of amides is 2. The van der Waals surface area contributed by atoms with Gasteiger partial charge in [0.05, 0.1) is 11.2 Å². The molecular weight excluding hydrogens is 384 g/mol. The quantitative estimate of drug-likeness (QED) is 0.785. The predicted octanol–water partition coefficient (Wildman–Crippen LogP) is 3.78. The number of hydrogen-bond acceptors (Lipinski definition) is 5. The lowest BCUT2D eigenvalue weighted by molar-refractivity contribution is -0.126. The number of anilines is 1. The van der Waals surface area contributed by atoms with Crippen LogP contribution >= 0.6 is 11.3 Å². The zero-order valence-corrected chi connectivity index (χ0v) is 17.5. The second-order valence-corrected chi connectivity index (χ2v) is 8.88. The lowest BCUT2D eigenvalue weighted by Crippen LogP contribution is -2.37. The topological polar surface area (TPSA) is 75.2 Å². The van der Waals surface area contributed by atoms with E-state index in [1.165, 1.54) is 5.57 Å². The Labute approximate surface area is 174 Å². The molecule has 0 spiro atoms. The molecule has 1 fully saturated rings. The van der Waals surface area contributed by atoms with Crippen LogP contribution in [0.3, 0.4) is 0 Å². The number of thiazole rings is 1. The maximum atomic E-state index is 12.6. The van der Waals surface area contributed by atoms with Gasteiger partial charge >= 0.3 is 0 Å². The van der Waals surface area contributed by atoms with Crippen molar-refractivity contribution in [3.05, 3.63) is 51.6 Å². The highest BCUT2D eigenvalue weighted by molar-refractivity contribution is 7.07. The molecule has 4 heterocycles. The van der Waals surface area contributed by atoms with Gasteiger partial charge in [0.1, 0.15) is 5.82 Å². The lowest BCUT2D eigenvalue weighted by atomic mass is 9.82. The molecule has 2 aliphatic rings. The number of carbonyl (C=O) groups is 2. The maximum Gasteiger partial charge on any atom is 0.246 e. The molecule has 0 aliphatic carbocycles. The van der Waals surface area contributed by atoms with Crippen LogP contribution in [-0.4, -0.2) is 39.8 Å². The van der Waals surface area contributed by atoms with Crippen molar-refractivity contribution in [1.29, 1.82) is 0 Å². The van der Waals surface area contributed by atoms with Gasteiger partial charge in [-0.05, 0) is 48.6 Å². The first-order valence-electron chi connectivity index (χ1n) is 9.76. The highest BCUT2D eigenvalue weighted by atomic mass is 32.1. The normalized spacial score (nSPS) is 18.5. The van der Waals surface area contributed by atoms with E-state index in [0.717, 1.165) is 42.8 Å². The summed E-state index contributed by atoms with van der Waals surface area (Å²) in [6.45, 7) is 5.29. The molecule has 2 aromatic heterocycles. The van der Waals surface area contributed by atoms with Crippen molar-refractivity contribution < 1.29 is 9.59 Å². The molecule has 0 unspecified atom stereocenters. The van der Waals surface area contributed by atoms with E-state index in [1.807, 2.05) is 35.7 Å². The molecule has 0 aromatic carbocycles. The van der Waals surface area contributed by atoms with Gasteiger partial charge in [0.25, 0.3) is 0 Å². The van der Waals surface area contributed by atoms with Crippen LogP contribution in [0.15, 0.2) is 34.8 Å². The van der Waals surface area contributed by atoms with E-state index in [4.69, 9.17) is 0 Å². The summed E-state index contributed by atoms with van der Waals surface area (Å²) in [5.41, 5.74) is 5.59. The van der Waals surface area contributed by atoms with Crippen molar-refractivity contribution in [3.8, 4) is 0 Å². The summed E-state index contributed by atoms with van der Waals surface area (Å²) in [4.78, 5) is 35.1. The van der Waals surface area contributed by atoms with Crippen LogP contribution in [-0.2, 0) is 16.0 Å². The molecule has 0 bridgehead atoms. The number of nitrogens with zero attached hydrogens (tertiary/aromatic N) is 3. The van der Waals surface area contributed by atoms with Crippen LogP contribution in [0.2, 0.25) is 0 Å². The molecule has 1 saturated heterocycles. The van der Waals surface area contributed by atoms with E-state index in [9.17, 15) is 9.59 Å². The Morgan fingerprint density at radius 1 is 1.28 bits per heavy atom. The van der Waals surface area contributed by atoms with Crippen molar-refractivity contribution in [3.63, 3.8) is 0 Å². The van der Waals surface area contributed by atoms with Crippen molar-refractivity contribution >= 4 is 41.1 Å². The molecule has 6 nitrogen and oxygen atoms in total. The number of carbonyl (C=O) groups excluding carboxylic acids is 2. The van der Waals surface area contributed by atoms with Crippen LogP contribution in [0.1, 0.15) is 43.5 Å². The molecule has 0 saturated carbocycles. The highest BCUT2D eigenvalue weighted by Gasteiger charge is 2.34. The molecule has 0 radical (unpaired) electrons. The van der Waals surface area contributed by atoms with Crippen molar-refractivity contribution in [2.45, 2.75) is 33.1 Å². The Balaban J connectivity index is 1.37. The third kappa shape index (κ3) is 4.45. The van der Waals surface area contributed by atoms with Gasteiger partial charge in [0, 0.05) is 36.2 Å². The van der Waals surface area contributed by atoms with E-state index >= 15 is 0 Å². The molecule has 2 aliphatic heterocycles. The van der Waals surface area contributed by atoms with Crippen molar-refractivity contribution in [2.24, 2.45) is 5.41 Å². The monoisotopic (exact) mass is 408 g/mol.